The van der Waals surface area contributed by atoms with Crippen molar-refractivity contribution in [3.8, 4) is 11.5 Å². The number of benzene rings is 1. The van der Waals surface area contributed by atoms with Crippen molar-refractivity contribution in [3.63, 3.8) is 0 Å². The normalized spacial score (nSPS) is 10.6. The van der Waals surface area contributed by atoms with E-state index in [1.165, 1.54) is 44.1 Å². The topological polar surface area (TPSA) is 18.5 Å². The van der Waals surface area contributed by atoms with Crippen molar-refractivity contribution < 1.29 is 9.47 Å². The number of halogens is 1. The maximum absolute atomic E-state index is 5.85. The molecule has 0 bridgehead atoms. The van der Waals surface area contributed by atoms with Gasteiger partial charge in [-0.1, -0.05) is 67.4 Å². The molecule has 1 aromatic rings. The molecular weight excluding hydrogens is 316 g/mol. The maximum atomic E-state index is 5.85. The van der Waals surface area contributed by atoms with Crippen LogP contribution in [0.25, 0.3) is 0 Å². The fourth-order valence-electron chi connectivity index (χ4n) is 2.16. The van der Waals surface area contributed by atoms with E-state index < -0.39 is 0 Å². The van der Waals surface area contributed by atoms with Gasteiger partial charge in [-0.15, -0.1) is 0 Å². The maximum Gasteiger partial charge on any atom is 0.161 e. The van der Waals surface area contributed by atoms with Crippen LogP contribution < -0.4 is 9.47 Å². The van der Waals surface area contributed by atoms with Crippen LogP contribution in [0.4, 0.5) is 0 Å². The smallest absolute Gasteiger partial charge is 0.161 e. The number of hydrogen-bond acceptors (Lipinski definition) is 2. The molecule has 1 aromatic carbocycles. The highest BCUT2D eigenvalue weighted by atomic mass is 79.9. The predicted molar refractivity (Wildman–Crippen MR) is 89.1 cm³/mol. The van der Waals surface area contributed by atoms with Gasteiger partial charge in [-0.05, 0) is 24.1 Å². The fraction of sp³-hybridized carbons (Fsp3) is 0.647. The minimum absolute atomic E-state index is 0.774. The zero-order valence-electron chi connectivity index (χ0n) is 12.8. The highest BCUT2D eigenvalue weighted by Crippen LogP contribution is 2.29. The molecule has 0 fully saturated rings. The van der Waals surface area contributed by atoms with Gasteiger partial charge in [-0.2, -0.15) is 0 Å². The molecule has 0 atom stereocenters. The van der Waals surface area contributed by atoms with Crippen LogP contribution in [-0.2, 0) is 5.33 Å². The Hall–Kier alpha value is -0.700. The molecule has 1 rings (SSSR count). The zero-order valence-corrected chi connectivity index (χ0v) is 14.4. The number of ether oxygens (including phenoxy) is 2. The molecule has 0 spiro atoms. The Labute approximate surface area is 132 Å². The average Bonchev–Trinajstić information content (AvgIpc) is 2.49. The second-order valence-electron chi connectivity index (χ2n) is 5.09. The first-order valence-electron chi connectivity index (χ1n) is 7.67. The van der Waals surface area contributed by atoms with Gasteiger partial charge >= 0.3 is 0 Å². The van der Waals surface area contributed by atoms with Crippen LogP contribution in [0, 0.1) is 0 Å². The molecule has 0 N–H and O–H groups in total. The Bertz CT molecular complexity index is 366. The molecule has 0 amide bonds. The van der Waals surface area contributed by atoms with E-state index in [4.69, 9.17) is 9.47 Å². The van der Waals surface area contributed by atoms with Crippen molar-refractivity contribution in [1.82, 2.24) is 0 Å². The van der Waals surface area contributed by atoms with Gasteiger partial charge in [-0.3, -0.25) is 0 Å². The summed E-state index contributed by atoms with van der Waals surface area (Å²) in [5.41, 5.74) is 1.21. The zero-order chi connectivity index (χ0) is 14.6. The van der Waals surface area contributed by atoms with Crippen molar-refractivity contribution in [3.05, 3.63) is 23.8 Å². The molecule has 0 aliphatic rings. The van der Waals surface area contributed by atoms with E-state index >= 15 is 0 Å². The molecular formula is C17H27BrO2. The van der Waals surface area contributed by atoms with Gasteiger partial charge in [0.15, 0.2) is 11.5 Å². The molecule has 0 unspecified atom stereocenters. The first kappa shape index (κ1) is 17.4. The van der Waals surface area contributed by atoms with Gasteiger partial charge in [0.25, 0.3) is 0 Å². The van der Waals surface area contributed by atoms with Crippen LogP contribution in [0.3, 0.4) is 0 Å². The van der Waals surface area contributed by atoms with Crippen LogP contribution >= 0.6 is 15.9 Å². The third kappa shape index (κ3) is 6.65. The van der Waals surface area contributed by atoms with Crippen LogP contribution in [0.5, 0.6) is 11.5 Å². The molecule has 2 nitrogen and oxygen atoms in total. The largest absolute Gasteiger partial charge is 0.493 e. The number of rotatable bonds is 11. The summed E-state index contributed by atoms with van der Waals surface area (Å²) < 4.78 is 11.2. The summed E-state index contributed by atoms with van der Waals surface area (Å²) in [6, 6.07) is 6.07. The van der Waals surface area contributed by atoms with Crippen molar-refractivity contribution >= 4 is 15.9 Å². The van der Waals surface area contributed by atoms with Crippen LogP contribution in [0.2, 0.25) is 0 Å². The first-order valence-corrected chi connectivity index (χ1v) is 8.79. The summed E-state index contributed by atoms with van der Waals surface area (Å²) in [6.07, 6.45) is 9.11. The molecule has 0 saturated heterocycles. The van der Waals surface area contributed by atoms with Crippen molar-refractivity contribution in [2.75, 3.05) is 13.7 Å². The summed E-state index contributed by atoms with van der Waals surface area (Å²) in [6.45, 7) is 3.03. The van der Waals surface area contributed by atoms with E-state index in [0.717, 1.165) is 29.9 Å². The third-order valence-electron chi connectivity index (χ3n) is 3.39. The first-order chi connectivity index (χ1) is 9.81. The monoisotopic (exact) mass is 342 g/mol. The van der Waals surface area contributed by atoms with E-state index in [0.29, 0.717) is 0 Å². The predicted octanol–water partition coefficient (Wildman–Crippen LogP) is 5.72. The van der Waals surface area contributed by atoms with Gasteiger partial charge in [0, 0.05) is 5.33 Å². The lowest BCUT2D eigenvalue weighted by molar-refractivity contribution is 0.284. The molecule has 0 aliphatic carbocycles. The summed E-state index contributed by atoms with van der Waals surface area (Å²) in [5.74, 6) is 1.67. The lowest BCUT2D eigenvalue weighted by Gasteiger charge is -2.11. The molecule has 114 valence electrons. The number of methoxy groups -OCH3 is 1. The van der Waals surface area contributed by atoms with E-state index in [1.807, 2.05) is 12.1 Å². The molecule has 0 heterocycles. The summed E-state index contributed by atoms with van der Waals surface area (Å²) >= 11 is 3.46. The average molecular weight is 343 g/mol. The lowest BCUT2D eigenvalue weighted by atomic mass is 10.1. The highest BCUT2D eigenvalue weighted by Gasteiger charge is 2.05. The van der Waals surface area contributed by atoms with Crippen LogP contribution in [-0.4, -0.2) is 13.7 Å². The number of hydrogen-bond donors (Lipinski definition) is 0. The summed E-state index contributed by atoms with van der Waals surface area (Å²) in [7, 11) is 1.68. The van der Waals surface area contributed by atoms with Gasteiger partial charge in [0.05, 0.1) is 13.7 Å². The fourth-order valence-corrected chi connectivity index (χ4v) is 2.51. The van der Waals surface area contributed by atoms with Crippen molar-refractivity contribution in [2.24, 2.45) is 0 Å². The standard InChI is InChI=1S/C17H27BrO2/c1-3-4-5-6-7-8-9-12-20-17-13-15(14-18)10-11-16(17)19-2/h10-11,13H,3-9,12,14H2,1-2H3. The Balaban J connectivity index is 2.24. The highest BCUT2D eigenvalue weighted by molar-refractivity contribution is 9.08. The summed E-state index contributed by atoms with van der Waals surface area (Å²) in [4.78, 5) is 0. The quantitative estimate of drug-likeness (QED) is 0.378. The lowest BCUT2D eigenvalue weighted by Crippen LogP contribution is -2.00. The van der Waals surface area contributed by atoms with E-state index in [1.54, 1.807) is 7.11 Å². The van der Waals surface area contributed by atoms with Gasteiger partial charge < -0.3 is 9.47 Å². The Kier molecular flexibility index (Phi) is 9.56. The third-order valence-corrected chi connectivity index (χ3v) is 4.04. The SMILES string of the molecule is CCCCCCCCCOc1cc(CBr)ccc1OC. The minimum Gasteiger partial charge on any atom is -0.493 e. The molecule has 0 aromatic heterocycles. The van der Waals surface area contributed by atoms with E-state index in [-0.39, 0.29) is 0 Å². The Morgan fingerprint density at radius 3 is 2.30 bits per heavy atom. The molecule has 0 saturated carbocycles. The Morgan fingerprint density at radius 2 is 1.65 bits per heavy atom. The number of unbranched alkanes of at least 4 members (excludes halogenated alkanes) is 6. The number of alkyl halides is 1. The van der Waals surface area contributed by atoms with Gasteiger partial charge in [0.1, 0.15) is 0 Å². The Morgan fingerprint density at radius 1 is 0.950 bits per heavy atom. The van der Waals surface area contributed by atoms with Crippen LogP contribution in [0.1, 0.15) is 57.4 Å². The van der Waals surface area contributed by atoms with E-state index in [9.17, 15) is 0 Å². The van der Waals surface area contributed by atoms with Crippen LogP contribution in [0.15, 0.2) is 18.2 Å². The van der Waals surface area contributed by atoms with Gasteiger partial charge in [0.2, 0.25) is 0 Å². The molecule has 3 heteroatoms. The second kappa shape index (κ2) is 11.0. The van der Waals surface area contributed by atoms with E-state index in [2.05, 4.69) is 28.9 Å². The second-order valence-corrected chi connectivity index (χ2v) is 5.65. The summed E-state index contributed by atoms with van der Waals surface area (Å²) in [5, 5.41) is 0.838. The van der Waals surface area contributed by atoms with Crippen molar-refractivity contribution in [1.29, 1.82) is 0 Å². The minimum atomic E-state index is 0.774. The molecule has 0 radical (unpaired) electrons. The van der Waals surface area contributed by atoms with Crippen molar-refractivity contribution in [2.45, 2.75) is 57.2 Å². The molecule has 20 heavy (non-hydrogen) atoms. The molecule has 0 aliphatic heterocycles. The van der Waals surface area contributed by atoms with Gasteiger partial charge in [-0.25, -0.2) is 0 Å².